The first-order valence-electron chi connectivity index (χ1n) is 7.02. The molecule has 0 aliphatic carbocycles. The van der Waals surface area contributed by atoms with Crippen molar-refractivity contribution in [2.24, 2.45) is 0 Å². The van der Waals surface area contributed by atoms with Crippen molar-refractivity contribution in [2.75, 3.05) is 36.0 Å². The maximum absolute atomic E-state index is 14.5. The predicted octanol–water partition coefficient (Wildman–Crippen LogP) is 2.32. The Bertz CT molecular complexity index is 536. The minimum atomic E-state index is -0.498. The largest absolute Gasteiger partial charge is 0.397 e. The monoisotopic (exact) mass is 298 g/mol. The van der Waals surface area contributed by atoms with Gasteiger partial charge in [-0.3, -0.25) is 4.90 Å². The standard InChI is InChI=1S/C14H20ClFN4/c1-8-6-19-4-2-3-9(19)7-20(8)14-11(18)5-10(17)12(15)13(14)16/h5,8-9H,2-4,6-7,17-18H2,1H3. The molecule has 2 aliphatic heterocycles. The molecule has 2 aliphatic rings. The predicted molar refractivity (Wildman–Crippen MR) is 81.6 cm³/mol. The molecule has 6 heteroatoms. The zero-order valence-corrected chi connectivity index (χ0v) is 12.3. The third-order valence-corrected chi connectivity index (χ3v) is 4.85. The van der Waals surface area contributed by atoms with E-state index in [4.69, 9.17) is 23.1 Å². The van der Waals surface area contributed by atoms with Crippen molar-refractivity contribution in [3.05, 3.63) is 16.9 Å². The second kappa shape index (κ2) is 4.97. The normalized spacial score (nSPS) is 26.9. The van der Waals surface area contributed by atoms with E-state index < -0.39 is 5.82 Å². The van der Waals surface area contributed by atoms with Gasteiger partial charge in [-0.05, 0) is 32.4 Å². The van der Waals surface area contributed by atoms with E-state index in [2.05, 4.69) is 11.8 Å². The van der Waals surface area contributed by atoms with Gasteiger partial charge in [-0.25, -0.2) is 4.39 Å². The highest BCUT2D eigenvalue weighted by atomic mass is 35.5. The molecule has 3 rings (SSSR count). The number of anilines is 3. The van der Waals surface area contributed by atoms with E-state index in [1.807, 2.05) is 4.90 Å². The number of hydrogen-bond donors (Lipinski definition) is 2. The van der Waals surface area contributed by atoms with E-state index in [0.29, 0.717) is 17.4 Å². The fourth-order valence-electron chi connectivity index (χ4n) is 3.45. The van der Waals surface area contributed by atoms with E-state index in [1.54, 1.807) is 6.07 Å². The third kappa shape index (κ3) is 2.09. The van der Waals surface area contributed by atoms with Gasteiger partial charge in [-0.2, -0.15) is 0 Å². The Morgan fingerprint density at radius 1 is 1.30 bits per heavy atom. The van der Waals surface area contributed by atoms with Crippen LogP contribution in [0, 0.1) is 5.82 Å². The highest BCUT2D eigenvalue weighted by molar-refractivity contribution is 6.33. The summed E-state index contributed by atoms with van der Waals surface area (Å²) in [4.78, 5) is 4.52. The number of rotatable bonds is 1. The summed E-state index contributed by atoms with van der Waals surface area (Å²) in [6.07, 6.45) is 2.37. The number of nitrogen functional groups attached to an aromatic ring is 2. The van der Waals surface area contributed by atoms with E-state index >= 15 is 0 Å². The molecule has 1 aromatic carbocycles. The third-order valence-electron chi connectivity index (χ3n) is 4.46. The first-order valence-corrected chi connectivity index (χ1v) is 7.40. The van der Waals surface area contributed by atoms with Crippen LogP contribution < -0.4 is 16.4 Å². The van der Waals surface area contributed by atoms with Gasteiger partial charge in [0.25, 0.3) is 0 Å². The first-order chi connectivity index (χ1) is 9.49. The Balaban J connectivity index is 1.98. The SMILES string of the molecule is CC1CN2CCCC2CN1c1c(N)cc(N)c(Cl)c1F. The summed E-state index contributed by atoms with van der Waals surface area (Å²) in [7, 11) is 0. The van der Waals surface area contributed by atoms with Crippen molar-refractivity contribution in [1.29, 1.82) is 0 Å². The van der Waals surface area contributed by atoms with E-state index in [-0.39, 0.29) is 16.8 Å². The summed E-state index contributed by atoms with van der Waals surface area (Å²) in [5, 5.41) is -0.0322. The van der Waals surface area contributed by atoms with Gasteiger partial charge >= 0.3 is 0 Å². The number of fused-ring (bicyclic) bond motifs is 1. The average molecular weight is 299 g/mol. The maximum atomic E-state index is 14.5. The number of benzene rings is 1. The van der Waals surface area contributed by atoms with Crippen molar-refractivity contribution < 1.29 is 4.39 Å². The Kier molecular flexibility index (Phi) is 3.42. The number of nitrogens with two attached hydrogens (primary N) is 2. The van der Waals surface area contributed by atoms with Crippen LogP contribution in [0.3, 0.4) is 0 Å². The first kappa shape index (κ1) is 13.8. The molecule has 0 aromatic heterocycles. The molecule has 4 N–H and O–H groups in total. The quantitative estimate of drug-likeness (QED) is 0.781. The topological polar surface area (TPSA) is 58.5 Å². The van der Waals surface area contributed by atoms with Crippen LogP contribution in [0.1, 0.15) is 19.8 Å². The molecule has 0 spiro atoms. The molecule has 4 nitrogen and oxygen atoms in total. The van der Waals surface area contributed by atoms with Gasteiger partial charge in [-0.1, -0.05) is 11.6 Å². The van der Waals surface area contributed by atoms with Gasteiger partial charge in [0, 0.05) is 25.2 Å². The Morgan fingerprint density at radius 3 is 2.80 bits per heavy atom. The lowest BCUT2D eigenvalue weighted by Gasteiger charge is -2.44. The lowest BCUT2D eigenvalue weighted by atomic mass is 10.1. The fourth-order valence-corrected chi connectivity index (χ4v) is 3.59. The molecule has 2 heterocycles. The minimum Gasteiger partial charge on any atom is -0.397 e. The van der Waals surface area contributed by atoms with E-state index in [1.165, 1.54) is 6.42 Å². The molecular weight excluding hydrogens is 279 g/mol. The summed E-state index contributed by atoms with van der Waals surface area (Å²) < 4.78 is 14.5. The minimum absolute atomic E-state index is 0.0322. The molecule has 0 saturated carbocycles. The van der Waals surface area contributed by atoms with Crippen LogP contribution in [0.4, 0.5) is 21.5 Å². The molecule has 0 amide bonds. The number of hydrogen-bond acceptors (Lipinski definition) is 4. The Morgan fingerprint density at radius 2 is 2.05 bits per heavy atom. The van der Waals surface area contributed by atoms with E-state index in [0.717, 1.165) is 26.1 Å². The highest BCUT2D eigenvalue weighted by Crippen LogP contribution is 2.39. The van der Waals surface area contributed by atoms with Gasteiger partial charge < -0.3 is 16.4 Å². The fraction of sp³-hybridized carbons (Fsp3) is 0.571. The lowest BCUT2D eigenvalue weighted by molar-refractivity contribution is 0.202. The molecule has 110 valence electrons. The molecule has 0 radical (unpaired) electrons. The smallest absolute Gasteiger partial charge is 0.169 e. The van der Waals surface area contributed by atoms with Crippen LogP contribution in [0.5, 0.6) is 0 Å². The Labute approximate surface area is 123 Å². The van der Waals surface area contributed by atoms with Gasteiger partial charge in [0.1, 0.15) is 5.02 Å². The molecule has 2 unspecified atom stereocenters. The molecule has 2 fully saturated rings. The van der Waals surface area contributed by atoms with Crippen LogP contribution in [0.15, 0.2) is 6.07 Å². The van der Waals surface area contributed by atoms with Gasteiger partial charge in [0.15, 0.2) is 5.82 Å². The van der Waals surface area contributed by atoms with Crippen molar-refractivity contribution in [3.8, 4) is 0 Å². The van der Waals surface area contributed by atoms with Crippen molar-refractivity contribution in [2.45, 2.75) is 31.8 Å². The second-order valence-corrected chi connectivity index (χ2v) is 6.20. The number of nitrogens with zero attached hydrogens (tertiary/aromatic N) is 2. The van der Waals surface area contributed by atoms with Gasteiger partial charge in [-0.15, -0.1) is 0 Å². The van der Waals surface area contributed by atoms with Gasteiger partial charge in [0.2, 0.25) is 0 Å². The zero-order valence-electron chi connectivity index (χ0n) is 11.6. The van der Waals surface area contributed by atoms with Crippen LogP contribution in [0.25, 0.3) is 0 Å². The van der Waals surface area contributed by atoms with Crippen molar-refractivity contribution in [1.82, 2.24) is 4.90 Å². The van der Waals surface area contributed by atoms with Crippen LogP contribution >= 0.6 is 11.6 Å². The summed E-state index contributed by atoms with van der Waals surface area (Å²) in [6.45, 7) is 4.97. The maximum Gasteiger partial charge on any atom is 0.169 e. The van der Waals surface area contributed by atoms with Gasteiger partial charge in [0.05, 0.1) is 17.1 Å². The number of halogens is 2. The summed E-state index contributed by atoms with van der Waals surface area (Å²) in [6, 6.07) is 2.25. The summed E-state index contributed by atoms with van der Waals surface area (Å²) >= 11 is 5.94. The molecular formula is C14H20ClFN4. The number of piperazine rings is 1. The molecule has 20 heavy (non-hydrogen) atoms. The summed E-state index contributed by atoms with van der Waals surface area (Å²) in [5.41, 5.74) is 12.6. The lowest BCUT2D eigenvalue weighted by Crippen LogP contribution is -2.55. The zero-order chi connectivity index (χ0) is 14.4. The van der Waals surface area contributed by atoms with Crippen LogP contribution in [0.2, 0.25) is 5.02 Å². The average Bonchev–Trinajstić information content (AvgIpc) is 2.83. The molecule has 2 saturated heterocycles. The molecule has 2 atom stereocenters. The van der Waals surface area contributed by atoms with Crippen molar-refractivity contribution in [3.63, 3.8) is 0 Å². The van der Waals surface area contributed by atoms with Crippen LogP contribution in [-0.4, -0.2) is 36.6 Å². The Hall–Kier alpha value is -1.20. The van der Waals surface area contributed by atoms with E-state index in [9.17, 15) is 4.39 Å². The molecule has 0 bridgehead atoms. The second-order valence-electron chi connectivity index (χ2n) is 5.82. The van der Waals surface area contributed by atoms with Crippen molar-refractivity contribution >= 4 is 28.7 Å². The van der Waals surface area contributed by atoms with Crippen LogP contribution in [-0.2, 0) is 0 Å². The molecule has 1 aromatic rings. The summed E-state index contributed by atoms with van der Waals surface area (Å²) in [5.74, 6) is -0.498. The highest BCUT2D eigenvalue weighted by Gasteiger charge is 2.36.